The zero-order valence-electron chi connectivity index (χ0n) is 12.7. The third-order valence-corrected chi connectivity index (χ3v) is 5.49. The van der Waals surface area contributed by atoms with Crippen molar-refractivity contribution in [3.05, 3.63) is 33.4 Å². The molecular weight excluding hydrogens is 336 g/mol. The summed E-state index contributed by atoms with van der Waals surface area (Å²) in [5, 5.41) is 8.81. The van der Waals surface area contributed by atoms with E-state index in [1.807, 2.05) is 13.8 Å². The van der Waals surface area contributed by atoms with E-state index in [9.17, 15) is 9.59 Å². The predicted octanol–water partition coefficient (Wildman–Crippen LogP) is 1.07. The van der Waals surface area contributed by atoms with Gasteiger partial charge in [0.2, 0.25) is 5.91 Å². The van der Waals surface area contributed by atoms with Crippen LogP contribution in [0.2, 0.25) is 0 Å². The molecule has 0 bridgehead atoms. The molecule has 0 aliphatic carbocycles. The maximum absolute atomic E-state index is 12.5. The zero-order valence-corrected chi connectivity index (χ0v) is 14.4. The molecule has 3 heterocycles. The number of hydrogen-bond acceptors (Lipinski definition) is 7. The summed E-state index contributed by atoms with van der Waals surface area (Å²) in [7, 11) is 1.80. The number of aryl methyl sites for hydroxylation is 3. The molecule has 0 saturated heterocycles. The van der Waals surface area contributed by atoms with Crippen LogP contribution in [0.3, 0.4) is 0 Å². The van der Waals surface area contributed by atoms with Crippen molar-refractivity contribution in [2.45, 2.75) is 19.0 Å². The van der Waals surface area contributed by atoms with Crippen LogP contribution in [0.25, 0.3) is 10.2 Å². The molecular formula is C13H14N6O2S2. The molecule has 0 aromatic carbocycles. The summed E-state index contributed by atoms with van der Waals surface area (Å²) >= 11 is 2.71. The van der Waals surface area contributed by atoms with Crippen LogP contribution in [0.5, 0.6) is 0 Å². The molecule has 3 rings (SSSR count). The first-order valence-electron chi connectivity index (χ1n) is 6.71. The summed E-state index contributed by atoms with van der Waals surface area (Å²) in [6.07, 6.45) is 2.90. The number of carbonyl (C=O) groups is 1. The van der Waals surface area contributed by atoms with Crippen LogP contribution < -0.4 is 11.0 Å². The Labute approximate surface area is 139 Å². The van der Waals surface area contributed by atoms with Gasteiger partial charge in [0, 0.05) is 11.9 Å². The smallest absolute Gasteiger partial charge is 0.281 e. The third kappa shape index (κ3) is 2.99. The van der Waals surface area contributed by atoms with E-state index >= 15 is 0 Å². The van der Waals surface area contributed by atoms with E-state index in [2.05, 4.69) is 20.6 Å². The molecule has 8 nitrogen and oxygen atoms in total. The van der Waals surface area contributed by atoms with Crippen molar-refractivity contribution < 1.29 is 4.79 Å². The van der Waals surface area contributed by atoms with Crippen LogP contribution in [0.4, 0.5) is 0 Å². The summed E-state index contributed by atoms with van der Waals surface area (Å²) in [5.41, 5.74) is 3.18. The van der Waals surface area contributed by atoms with Gasteiger partial charge in [-0.05, 0) is 19.4 Å². The van der Waals surface area contributed by atoms with Gasteiger partial charge in [-0.2, -0.15) is 0 Å². The van der Waals surface area contributed by atoms with E-state index in [1.165, 1.54) is 29.4 Å². The maximum Gasteiger partial charge on any atom is 0.281 e. The molecule has 0 fully saturated rings. The molecule has 0 atom stereocenters. The SMILES string of the molecule is Cc1sc2ncn(NC(=O)CSc3nncn3C)c(=O)c2c1C. The lowest BCUT2D eigenvalue weighted by molar-refractivity contribution is -0.114. The normalized spacial score (nSPS) is 11.1. The zero-order chi connectivity index (χ0) is 16.6. The highest BCUT2D eigenvalue weighted by molar-refractivity contribution is 7.99. The number of nitrogens with one attached hydrogen (secondary N) is 1. The topological polar surface area (TPSA) is 94.7 Å². The summed E-state index contributed by atoms with van der Waals surface area (Å²) in [4.78, 5) is 30.5. The van der Waals surface area contributed by atoms with Crippen molar-refractivity contribution in [1.82, 2.24) is 24.4 Å². The van der Waals surface area contributed by atoms with E-state index in [0.717, 1.165) is 15.1 Å². The van der Waals surface area contributed by atoms with Crippen molar-refractivity contribution in [3.63, 3.8) is 0 Å². The number of aromatic nitrogens is 5. The standard InChI is InChI=1S/C13H14N6O2S2/c1-7-8(2)23-11-10(7)12(21)19(5-14-11)17-9(20)4-22-13-16-15-6-18(13)3/h5-6H,4H2,1-3H3,(H,17,20). The van der Waals surface area contributed by atoms with Gasteiger partial charge in [-0.1, -0.05) is 11.8 Å². The maximum atomic E-state index is 12.5. The largest absolute Gasteiger partial charge is 0.312 e. The Morgan fingerprint density at radius 2 is 2.17 bits per heavy atom. The van der Waals surface area contributed by atoms with Crippen LogP contribution in [0.15, 0.2) is 22.6 Å². The Balaban J connectivity index is 1.77. The van der Waals surface area contributed by atoms with E-state index in [4.69, 9.17) is 0 Å². The fourth-order valence-electron chi connectivity index (χ4n) is 2.01. The first-order chi connectivity index (χ1) is 11.0. The Morgan fingerprint density at radius 3 is 2.87 bits per heavy atom. The van der Waals surface area contributed by atoms with E-state index in [0.29, 0.717) is 15.4 Å². The quantitative estimate of drug-likeness (QED) is 0.707. The van der Waals surface area contributed by atoms with Crippen molar-refractivity contribution >= 4 is 39.2 Å². The number of thioether (sulfide) groups is 1. The molecule has 3 aromatic rings. The number of fused-ring (bicyclic) bond motifs is 1. The molecule has 0 spiro atoms. The van der Waals surface area contributed by atoms with Crippen molar-refractivity contribution in [1.29, 1.82) is 0 Å². The second-order valence-electron chi connectivity index (χ2n) is 4.93. The first-order valence-corrected chi connectivity index (χ1v) is 8.51. The summed E-state index contributed by atoms with van der Waals surface area (Å²) < 4.78 is 2.84. The molecule has 23 heavy (non-hydrogen) atoms. The summed E-state index contributed by atoms with van der Waals surface area (Å²) in [6.45, 7) is 3.83. The number of amides is 1. The van der Waals surface area contributed by atoms with Gasteiger partial charge in [-0.3, -0.25) is 15.0 Å². The second-order valence-corrected chi connectivity index (χ2v) is 7.08. The van der Waals surface area contributed by atoms with Crippen molar-refractivity contribution in [2.75, 3.05) is 11.2 Å². The second kappa shape index (κ2) is 6.13. The molecule has 0 aliphatic heterocycles. The van der Waals surface area contributed by atoms with Crippen molar-refractivity contribution in [2.24, 2.45) is 7.05 Å². The highest BCUT2D eigenvalue weighted by Gasteiger charge is 2.14. The van der Waals surface area contributed by atoms with Gasteiger partial charge in [-0.25, -0.2) is 9.66 Å². The van der Waals surface area contributed by atoms with Crippen molar-refractivity contribution in [3.8, 4) is 0 Å². The van der Waals surface area contributed by atoms with Gasteiger partial charge >= 0.3 is 0 Å². The molecule has 1 amide bonds. The van der Waals surface area contributed by atoms with Crippen LogP contribution in [0.1, 0.15) is 10.4 Å². The van der Waals surface area contributed by atoms with Gasteiger partial charge in [0.05, 0.1) is 11.1 Å². The lowest BCUT2D eigenvalue weighted by Crippen LogP contribution is -2.34. The molecule has 120 valence electrons. The molecule has 1 N–H and O–H groups in total. The fraction of sp³-hybridized carbons (Fsp3) is 0.308. The number of thiophene rings is 1. The fourth-order valence-corrected chi connectivity index (χ4v) is 3.68. The van der Waals surface area contributed by atoms with Crippen LogP contribution in [-0.2, 0) is 11.8 Å². The van der Waals surface area contributed by atoms with E-state index in [-0.39, 0.29) is 17.2 Å². The number of hydrogen-bond donors (Lipinski definition) is 1. The minimum Gasteiger partial charge on any atom is -0.312 e. The molecule has 3 aromatic heterocycles. The van der Waals surface area contributed by atoms with Gasteiger partial charge in [0.15, 0.2) is 5.16 Å². The molecule has 0 radical (unpaired) electrons. The number of carbonyl (C=O) groups excluding carboxylic acids is 1. The van der Waals surface area contributed by atoms with Gasteiger partial charge < -0.3 is 4.57 Å². The lowest BCUT2D eigenvalue weighted by Gasteiger charge is -2.07. The van der Waals surface area contributed by atoms with Crippen LogP contribution in [0, 0.1) is 13.8 Å². The average Bonchev–Trinajstić information content (AvgIpc) is 3.04. The molecule has 10 heteroatoms. The molecule has 0 saturated carbocycles. The Hall–Kier alpha value is -2.20. The van der Waals surface area contributed by atoms with Crippen LogP contribution in [-0.4, -0.2) is 36.1 Å². The van der Waals surface area contributed by atoms with Gasteiger partial charge in [0.1, 0.15) is 17.5 Å². The lowest BCUT2D eigenvalue weighted by atomic mass is 10.2. The molecule has 0 aliphatic rings. The number of rotatable bonds is 4. The first kappa shape index (κ1) is 15.7. The minimum atomic E-state index is -0.314. The highest BCUT2D eigenvalue weighted by Crippen LogP contribution is 2.25. The van der Waals surface area contributed by atoms with Gasteiger partial charge in [0.25, 0.3) is 5.56 Å². The third-order valence-electron chi connectivity index (χ3n) is 3.34. The average molecular weight is 350 g/mol. The monoisotopic (exact) mass is 350 g/mol. The number of nitrogens with zero attached hydrogens (tertiary/aromatic N) is 5. The summed E-state index contributed by atoms with van der Waals surface area (Å²) in [5.74, 6) is -0.190. The van der Waals surface area contributed by atoms with E-state index < -0.39 is 0 Å². The van der Waals surface area contributed by atoms with E-state index in [1.54, 1.807) is 17.9 Å². The summed E-state index contributed by atoms with van der Waals surface area (Å²) in [6, 6.07) is 0. The Kier molecular flexibility index (Phi) is 4.18. The predicted molar refractivity (Wildman–Crippen MR) is 89.4 cm³/mol. The van der Waals surface area contributed by atoms with Gasteiger partial charge in [-0.15, -0.1) is 21.5 Å². The minimum absolute atomic E-state index is 0.124. The Bertz CT molecular complexity index is 942. The highest BCUT2D eigenvalue weighted by atomic mass is 32.2. The van der Waals surface area contributed by atoms with Crippen LogP contribution >= 0.6 is 23.1 Å². The Morgan fingerprint density at radius 1 is 1.39 bits per heavy atom. The molecule has 0 unspecified atom stereocenters.